The van der Waals surface area contributed by atoms with Crippen LogP contribution in [0.5, 0.6) is 0 Å². The van der Waals surface area contributed by atoms with E-state index in [0.29, 0.717) is 10.1 Å². The van der Waals surface area contributed by atoms with Crippen molar-refractivity contribution < 1.29 is 15.6 Å². The minimum absolute atomic E-state index is 0.0152. The van der Waals surface area contributed by atoms with Gasteiger partial charge in [-0.25, -0.2) is 0 Å². The molecule has 0 bridgehead atoms. The number of nitrogens with one attached hydrogen (secondary N) is 3. The zero-order valence-corrected chi connectivity index (χ0v) is 11.4. The second-order valence-electron chi connectivity index (χ2n) is 4.31. The Hall–Kier alpha value is -2.39. The van der Waals surface area contributed by atoms with E-state index in [1.807, 2.05) is 28.6 Å². The Labute approximate surface area is 122 Å². The van der Waals surface area contributed by atoms with Crippen LogP contribution in [-0.4, -0.2) is 15.6 Å². The highest BCUT2D eigenvalue weighted by atomic mass is 32.1. The van der Waals surface area contributed by atoms with E-state index in [-0.39, 0.29) is 27.9 Å². The highest BCUT2D eigenvalue weighted by Crippen LogP contribution is 2.39. The number of benzene rings is 2. The molecule has 0 saturated heterocycles. The van der Waals surface area contributed by atoms with Crippen molar-refractivity contribution in [2.24, 2.45) is 0 Å². The Balaban J connectivity index is 2.57. The van der Waals surface area contributed by atoms with E-state index < -0.39 is 0 Å². The molecule has 0 fully saturated rings. The number of hydrogen-bond acceptors (Lipinski definition) is 8. The predicted octanol–water partition coefficient (Wildman–Crippen LogP) is 2.82. The van der Waals surface area contributed by atoms with Gasteiger partial charge in [0.05, 0.1) is 11.1 Å². The summed E-state index contributed by atoms with van der Waals surface area (Å²) >= 11 is 1.33. The van der Waals surface area contributed by atoms with E-state index in [2.05, 4.69) is 0 Å². The van der Waals surface area contributed by atoms with E-state index in [1.165, 1.54) is 17.4 Å². The third kappa shape index (κ3) is 1.98. The van der Waals surface area contributed by atoms with Crippen LogP contribution in [-0.2, 0) is 0 Å². The molecule has 3 rings (SSSR count). The van der Waals surface area contributed by atoms with E-state index >= 15 is 0 Å². The van der Waals surface area contributed by atoms with Crippen molar-refractivity contribution in [1.82, 2.24) is 0 Å². The molecule has 0 aliphatic carbocycles. The standard InChI is InChI=1S/C13H11N3O4S/c17-13-6-3-1-2-4-8(6)21-9-5-7(14-18)11(15-19)12(16-20)10(9)13/h1-5,14-16,18-20H. The molecule has 108 valence electrons. The number of fused-ring (bicyclic) bond motifs is 2. The molecule has 8 heteroatoms. The molecule has 0 atom stereocenters. The third-order valence-electron chi connectivity index (χ3n) is 3.21. The van der Waals surface area contributed by atoms with Crippen molar-refractivity contribution in [2.45, 2.75) is 0 Å². The van der Waals surface area contributed by atoms with Crippen molar-refractivity contribution in [1.29, 1.82) is 0 Å². The fraction of sp³-hybridized carbons (Fsp3) is 0. The van der Waals surface area contributed by atoms with Gasteiger partial charge in [0, 0.05) is 14.8 Å². The topological polar surface area (TPSA) is 114 Å². The van der Waals surface area contributed by atoms with Crippen LogP contribution in [0.25, 0.3) is 20.2 Å². The average Bonchev–Trinajstić information content (AvgIpc) is 2.53. The predicted molar refractivity (Wildman–Crippen MR) is 81.8 cm³/mol. The number of rotatable bonds is 3. The van der Waals surface area contributed by atoms with Gasteiger partial charge < -0.3 is 0 Å². The summed E-state index contributed by atoms with van der Waals surface area (Å²) in [7, 11) is 0. The van der Waals surface area contributed by atoms with Crippen molar-refractivity contribution >= 4 is 48.6 Å². The smallest absolute Gasteiger partial charge is 0.198 e. The molecule has 21 heavy (non-hydrogen) atoms. The molecule has 2 aromatic carbocycles. The van der Waals surface area contributed by atoms with Gasteiger partial charge in [-0.15, -0.1) is 11.3 Å². The monoisotopic (exact) mass is 305 g/mol. The van der Waals surface area contributed by atoms with Crippen LogP contribution in [0.1, 0.15) is 0 Å². The minimum Gasteiger partial charge on any atom is -0.291 e. The van der Waals surface area contributed by atoms with E-state index in [4.69, 9.17) is 5.21 Å². The maximum Gasteiger partial charge on any atom is 0.198 e. The maximum absolute atomic E-state index is 12.6. The number of hydrogen-bond donors (Lipinski definition) is 6. The van der Waals surface area contributed by atoms with E-state index in [0.717, 1.165) is 4.70 Å². The van der Waals surface area contributed by atoms with Gasteiger partial charge in [0.2, 0.25) is 0 Å². The molecule has 0 radical (unpaired) electrons. The lowest BCUT2D eigenvalue weighted by atomic mass is 10.1. The molecule has 0 amide bonds. The third-order valence-corrected chi connectivity index (χ3v) is 4.33. The van der Waals surface area contributed by atoms with Crippen LogP contribution in [0, 0.1) is 0 Å². The second kappa shape index (κ2) is 5.19. The van der Waals surface area contributed by atoms with Gasteiger partial charge in [0.25, 0.3) is 0 Å². The van der Waals surface area contributed by atoms with Gasteiger partial charge in [0.15, 0.2) is 5.43 Å². The molecule has 0 saturated carbocycles. The largest absolute Gasteiger partial charge is 0.291 e. The quantitative estimate of drug-likeness (QED) is 0.326. The lowest BCUT2D eigenvalue weighted by Gasteiger charge is -2.14. The van der Waals surface area contributed by atoms with Crippen LogP contribution in [0.2, 0.25) is 0 Å². The van der Waals surface area contributed by atoms with Gasteiger partial charge >= 0.3 is 0 Å². The summed E-state index contributed by atoms with van der Waals surface area (Å²) in [6.45, 7) is 0. The van der Waals surface area contributed by atoms with Gasteiger partial charge in [-0.05, 0) is 18.2 Å². The van der Waals surface area contributed by atoms with Crippen LogP contribution in [0.3, 0.4) is 0 Å². The normalized spacial score (nSPS) is 10.8. The van der Waals surface area contributed by atoms with Crippen LogP contribution in [0.4, 0.5) is 17.1 Å². The summed E-state index contributed by atoms with van der Waals surface area (Å²) in [5.41, 5.74) is 5.46. The molecule has 1 heterocycles. The molecule has 0 aliphatic heterocycles. The van der Waals surface area contributed by atoms with Gasteiger partial charge in [0.1, 0.15) is 11.4 Å². The molecule has 0 unspecified atom stereocenters. The summed E-state index contributed by atoms with van der Waals surface area (Å²) in [6.07, 6.45) is 0. The Morgan fingerprint density at radius 1 is 0.905 bits per heavy atom. The van der Waals surface area contributed by atoms with Gasteiger partial charge in [-0.2, -0.15) is 0 Å². The fourth-order valence-corrected chi connectivity index (χ4v) is 3.40. The van der Waals surface area contributed by atoms with Crippen molar-refractivity contribution in [3.63, 3.8) is 0 Å². The Kier molecular flexibility index (Phi) is 3.35. The molecular weight excluding hydrogens is 294 g/mol. The Morgan fingerprint density at radius 3 is 2.29 bits per heavy atom. The first-order valence-corrected chi connectivity index (χ1v) is 6.75. The van der Waals surface area contributed by atoms with Gasteiger partial charge in [-0.3, -0.25) is 36.9 Å². The first kappa shape index (κ1) is 13.6. The first-order valence-electron chi connectivity index (χ1n) is 5.94. The summed E-state index contributed by atoms with van der Waals surface area (Å²) in [5, 5.41) is 28.4. The summed E-state index contributed by atoms with van der Waals surface area (Å²) in [5.74, 6) is 0. The van der Waals surface area contributed by atoms with Crippen molar-refractivity contribution in [3.05, 3.63) is 40.6 Å². The summed E-state index contributed by atoms with van der Waals surface area (Å²) in [6, 6.07) is 8.59. The van der Waals surface area contributed by atoms with Crippen LogP contribution >= 0.6 is 11.3 Å². The molecule has 7 nitrogen and oxygen atoms in total. The Morgan fingerprint density at radius 2 is 1.62 bits per heavy atom. The molecular formula is C13H11N3O4S. The first-order chi connectivity index (χ1) is 10.2. The molecule has 3 aromatic rings. The molecule has 1 aromatic heterocycles. The van der Waals surface area contributed by atoms with Crippen molar-refractivity contribution in [3.8, 4) is 0 Å². The van der Waals surface area contributed by atoms with Crippen LogP contribution in [0.15, 0.2) is 35.1 Å². The highest BCUT2D eigenvalue weighted by molar-refractivity contribution is 7.24. The molecule has 6 N–H and O–H groups in total. The number of anilines is 3. The minimum atomic E-state index is -0.281. The lowest BCUT2D eigenvalue weighted by molar-refractivity contribution is 0.372. The van der Waals surface area contributed by atoms with Crippen molar-refractivity contribution in [2.75, 3.05) is 16.4 Å². The summed E-state index contributed by atoms with van der Waals surface area (Å²) < 4.78 is 1.33. The summed E-state index contributed by atoms with van der Waals surface area (Å²) in [4.78, 5) is 12.6. The maximum atomic E-state index is 12.6. The van der Waals surface area contributed by atoms with Crippen LogP contribution < -0.4 is 21.9 Å². The zero-order valence-electron chi connectivity index (χ0n) is 10.5. The molecule has 0 spiro atoms. The SMILES string of the molecule is O=c1c2ccccc2sc2cc(NO)c(NO)c(NO)c12. The highest BCUT2D eigenvalue weighted by Gasteiger charge is 2.17. The Bertz CT molecular complexity index is 894. The molecule has 0 aliphatic rings. The van der Waals surface area contributed by atoms with E-state index in [9.17, 15) is 15.2 Å². The van der Waals surface area contributed by atoms with E-state index in [1.54, 1.807) is 12.1 Å². The average molecular weight is 305 g/mol. The lowest BCUT2D eigenvalue weighted by Crippen LogP contribution is -2.09. The van der Waals surface area contributed by atoms with Gasteiger partial charge in [-0.1, -0.05) is 12.1 Å². The fourth-order valence-electron chi connectivity index (χ4n) is 2.28. The zero-order chi connectivity index (χ0) is 15.0. The second-order valence-corrected chi connectivity index (χ2v) is 5.39.